The van der Waals surface area contributed by atoms with Gasteiger partial charge in [0.1, 0.15) is 12.3 Å². The van der Waals surface area contributed by atoms with Crippen LogP contribution < -0.4 is 0 Å². The number of benzene rings is 1. The van der Waals surface area contributed by atoms with Crippen LogP contribution in [0.15, 0.2) is 46.3 Å². The van der Waals surface area contributed by atoms with E-state index >= 15 is 0 Å². The molecule has 2 rings (SSSR count). The van der Waals surface area contributed by atoms with Gasteiger partial charge in [0.05, 0.1) is 12.4 Å². The van der Waals surface area contributed by atoms with Gasteiger partial charge in [-0.15, -0.1) is 0 Å². The fraction of sp³-hybridized carbons (Fsp3) is 0.100. The van der Waals surface area contributed by atoms with Gasteiger partial charge in [-0.05, 0) is 12.1 Å². The van der Waals surface area contributed by atoms with Crippen molar-refractivity contribution in [1.29, 1.82) is 0 Å². The molecule has 0 aliphatic rings. The van der Waals surface area contributed by atoms with Crippen LogP contribution in [0.25, 0.3) is 0 Å². The first-order valence-corrected chi connectivity index (χ1v) is 5.40. The van der Waals surface area contributed by atoms with Gasteiger partial charge in [0.25, 0.3) is 0 Å². The maximum absolute atomic E-state index is 8.95. The van der Waals surface area contributed by atoms with Crippen molar-refractivity contribution in [2.24, 2.45) is 5.16 Å². The van der Waals surface area contributed by atoms with Gasteiger partial charge < -0.3 is 5.21 Å². The second-order valence-electron chi connectivity index (χ2n) is 3.11. The zero-order valence-corrected chi connectivity index (χ0v) is 9.87. The summed E-state index contributed by atoms with van der Waals surface area (Å²) in [5, 5.41) is 20.1. The first-order valence-electron chi connectivity index (χ1n) is 4.60. The predicted molar refractivity (Wildman–Crippen MR) is 62.5 cm³/mol. The molecular weight excluding hydrogens is 272 g/mol. The van der Waals surface area contributed by atoms with Crippen LogP contribution in [0.1, 0.15) is 5.56 Å². The zero-order valence-electron chi connectivity index (χ0n) is 8.29. The van der Waals surface area contributed by atoms with Gasteiger partial charge in [0.2, 0.25) is 0 Å². The molecule has 0 unspecified atom stereocenters. The van der Waals surface area contributed by atoms with Crippen LogP contribution in [0.2, 0.25) is 0 Å². The van der Waals surface area contributed by atoms with E-state index in [1.165, 1.54) is 4.80 Å². The van der Waals surface area contributed by atoms with Crippen molar-refractivity contribution in [2.45, 2.75) is 6.54 Å². The molecule has 0 saturated carbocycles. The maximum atomic E-state index is 8.95. The van der Waals surface area contributed by atoms with E-state index in [9.17, 15) is 0 Å². The number of oxime groups is 1. The van der Waals surface area contributed by atoms with E-state index < -0.39 is 0 Å². The summed E-state index contributed by atoms with van der Waals surface area (Å²) in [6.07, 6.45) is 3.16. The lowest BCUT2D eigenvalue weighted by molar-refractivity contribution is 0.316. The van der Waals surface area contributed by atoms with Crippen molar-refractivity contribution >= 4 is 21.6 Å². The molecule has 0 atom stereocenters. The molecule has 0 radical (unpaired) electrons. The normalized spacial score (nSPS) is 11.7. The van der Waals surface area contributed by atoms with Crippen LogP contribution in [-0.4, -0.2) is 25.9 Å². The first-order chi connectivity index (χ1) is 7.79. The second kappa shape index (κ2) is 4.89. The Kier molecular flexibility index (Phi) is 3.31. The minimum atomic E-state index is 0.338. The van der Waals surface area contributed by atoms with E-state index in [1.807, 2.05) is 24.3 Å². The topological polar surface area (TPSA) is 63.3 Å². The molecule has 1 N–H and O–H groups in total. The first kappa shape index (κ1) is 10.8. The summed E-state index contributed by atoms with van der Waals surface area (Å²) in [7, 11) is 0. The molecule has 0 aliphatic heterocycles. The Morgan fingerprint density at radius 2 is 1.88 bits per heavy atom. The Morgan fingerprint density at radius 1 is 1.25 bits per heavy atom. The molecule has 6 heteroatoms. The molecule has 1 aromatic carbocycles. The van der Waals surface area contributed by atoms with Crippen molar-refractivity contribution in [1.82, 2.24) is 15.0 Å². The average molecular weight is 281 g/mol. The molecule has 0 fully saturated rings. The van der Waals surface area contributed by atoms with Crippen LogP contribution in [0.5, 0.6) is 0 Å². The summed E-state index contributed by atoms with van der Waals surface area (Å²) < 4.78 is 0.978. The smallest absolute Gasteiger partial charge is 0.110 e. The van der Waals surface area contributed by atoms with Gasteiger partial charge in [-0.1, -0.05) is 33.2 Å². The minimum absolute atomic E-state index is 0.338. The number of hydrogen-bond donors (Lipinski definition) is 1. The molecule has 0 bridgehead atoms. The highest BCUT2D eigenvalue weighted by atomic mass is 79.9. The lowest BCUT2D eigenvalue weighted by Crippen LogP contribution is -2.14. The molecule has 0 aliphatic carbocycles. The molecule has 0 spiro atoms. The molecule has 1 aromatic heterocycles. The second-order valence-corrected chi connectivity index (χ2v) is 4.03. The van der Waals surface area contributed by atoms with E-state index in [1.54, 1.807) is 12.4 Å². The highest BCUT2D eigenvalue weighted by molar-refractivity contribution is 9.10. The van der Waals surface area contributed by atoms with Crippen LogP contribution in [0, 0.1) is 0 Å². The highest BCUT2D eigenvalue weighted by Crippen LogP contribution is 2.11. The molecule has 16 heavy (non-hydrogen) atoms. The molecular formula is C10H9BrN4O. The molecule has 0 amide bonds. The predicted octanol–water partition coefficient (Wildman–Crippen LogP) is 1.92. The van der Waals surface area contributed by atoms with Crippen molar-refractivity contribution in [2.75, 3.05) is 0 Å². The third-order valence-electron chi connectivity index (χ3n) is 2.06. The monoisotopic (exact) mass is 280 g/mol. The van der Waals surface area contributed by atoms with Crippen LogP contribution in [0.3, 0.4) is 0 Å². The summed E-state index contributed by atoms with van der Waals surface area (Å²) in [5.74, 6) is 0. The maximum Gasteiger partial charge on any atom is 0.110 e. The molecule has 2 aromatic rings. The van der Waals surface area contributed by atoms with Gasteiger partial charge >= 0.3 is 0 Å². The fourth-order valence-corrected chi connectivity index (χ4v) is 1.55. The minimum Gasteiger partial charge on any atom is -0.411 e. The largest absolute Gasteiger partial charge is 0.411 e. The quantitative estimate of drug-likeness (QED) is 0.531. The van der Waals surface area contributed by atoms with E-state index in [-0.39, 0.29) is 0 Å². The summed E-state index contributed by atoms with van der Waals surface area (Å²) in [4.78, 5) is 1.46. The summed E-state index contributed by atoms with van der Waals surface area (Å²) in [6, 6.07) is 7.50. The summed E-state index contributed by atoms with van der Waals surface area (Å²) in [6.45, 7) is 0.338. The Hall–Kier alpha value is -1.69. The third-order valence-corrected chi connectivity index (χ3v) is 2.58. The van der Waals surface area contributed by atoms with Crippen molar-refractivity contribution in [3.8, 4) is 0 Å². The van der Waals surface area contributed by atoms with E-state index in [4.69, 9.17) is 5.21 Å². The van der Waals surface area contributed by atoms with Gasteiger partial charge in [-0.25, -0.2) is 0 Å². The molecule has 0 saturated heterocycles. The number of rotatable bonds is 3. The summed E-state index contributed by atoms with van der Waals surface area (Å²) in [5.41, 5.74) is 1.35. The van der Waals surface area contributed by atoms with Gasteiger partial charge in [0.15, 0.2) is 0 Å². The zero-order chi connectivity index (χ0) is 11.4. The van der Waals surface area contributed by atoms with Gasteiger partial charge in [-0.2, -0.15) is 15.0 Å². The Bertz CT molecular complexity index is 478. The van der Waals surface area contributed by atoms with Crippen molar-refractivity contribution in [3.63, 3.8) is 0 Å². The Morgan fingerprint density at radius 3 is 2.44 bits per heavy atom. The van der Waals surface area contributed by atoms with Crippen molar-refractivity contribution < 1.29 is 5.21 Å². The number of halogens is 1. The highest BCUT2D eigenvalue weighted by Gasteiger charge is 2.06. The number of hydrogen-bond acceptors (Lipinski definition) is 4. The molecule has 5 nitrogen and oxygen atoms in total. The lowest BCUT2D eigenvalue weighted by Gasteiger charge is -2.03. The van der Waals surface area contributed by atoms with Crippen LogP contribution >= 0.6 is 15.9 Å². The fourth-order valence-electron chi connectivity index (χ4n) is 1.28. The van der Waals surface area contributed by atoms with Crippen LogP contribution in [-0.2, 0) is 6.54 Å². The van der Waals surface area contributed by atoms with Crippen LogP contribution in [0.4, 0.5) is 0 Å². The number of aromatic nitrogens is 3. The number of nitrogens with zero attached hydrogens (tertiary/aromatic N) is 4. The Labute approximate surface area is 101 Å². The van der Waals surface area contributed by atoms with Crippen molar-refractivity contribution in [3.05, 3.63) is 46.7 Å². The SMILES string of the molecule is O/N=C(/Cn1nccn1)c1ccc(Br)cc1. The standard InChI is InChI=1S/C10H9BrN4O/c11-9-3-1-8(2-4-9)10(14-16)7-15-12-5-6-13-15/h1-6,16H,7H2/b14-10-. The average Bonchev–Trinajstić information content (AvgIpc) is 2.80. The van der Waals surface area contributed by atoms with Gasteiger partial charge in [-0.3, -0.25) is 0 Å². The molecule has 82 valence electrons. The van der Waals surface area contributed by atoms with E-state index in [0.29, 0.717) is 12.3 Å². The third kappa shape index (κ3) is 2.46. The lowest BCUT2D eigenvalue weighted by atomic mass is 10.1. The Balaban J connectivity index is 2.20. The van der Waals surface area contributed by atoms with E-state index in [2.05, 4.69) is 31.3 Å². The van der Waals surface area contributed by atoms with E-state index in [0.717, 1.165) is 10.0 Å². The van der Waals surface area contributed by atoms with Gasteiger partial charge in [0, 0.05) is 10.0 Å². The molecule has 1 heterocycles. The summed E-state index contributed by atoms with van der Waals surface area (Å²) >= 11 is 3.34.